The highest BCUT2D eigenvalue weighted by atomic mass is 16.5. The molecule has 0 aliphatic carbocycles. The van der Waals surface area contributed by atoms with Crippen molar-refractivity contribution in [2.45, 2.75) is 57.6 Å². The van der Waals surface area contributed by atoms with Gasteiger partial charge in [0.25, 0.3) is 0 Å². The van der Waals surface area contributed by atoms with Gasteiger partial charge >= 0.3 is 6.03 Å². The van der Waals surface area contributed by atoms with Crippen LogP contribution >= 0.6 is 0 Å². The van der Waals surface area contributed by atoms with Gasteiger partial charge in [0.1, 0.15) is 0 Å². The number of likely N-dealkylation sites (tertiary alicyclic amines) is 1. The van der Waals surface area contributed by atoms with Crippen LogP contribution in [0.15, 0.2) is 0 Å². The lowest BCUT2D eigenvalue weighted by molar-refractivity contribution is -0.0616. The summed E-state index contributed by atoms with van der Waals surface area (Å²) in [6.07, 6.45) is 5.39. The number of hydrogen-bond acceptors (Lipinski definition) is 2. The summed E-state index contributed by atoms with van der Waals surface area (Å²) in [5.74, 6) is 0. The van der Waals surface area contributed by atoms with Crippen LogP contribution in [0.1, 0.15) is 46.0 Å². The zero-order chi connectivity index (χ0) is 12.3. The Bertz CT molecular complexity index is 273. The van der Waals surface area contributed by atoms with Gasteiger partial charge in [-0.25, -0.2) is 4.79 Å². The lowest BCUT2D eigenvalue weighted by atomic mass is 9.94. The maximum absolute atomic E-state index is 12.1. The molecule has 0 saturated carbocycles. The van der Waals surface area contributed by atoms with Crippen LogP contribution in [0.25, 0.3) is 0 Å². The fourth-order valence-electron chi connectivity index (χ4n) is 2.72. The van der Waals surface area contributed by atoms with E-state index in [1.54, 1.807) is 0 Å². The summed E-state index contributed by atoms with van der Waals surface area (Å²) in [6.45, 7) is 6.76. The number of carbonyl (C=O) groups is 1. The third-order valence-corrected chi connectivity index (χ3v) is 3.67. The molecule has 2 saturated heterocycles. The molecule has 1 atom stereocenters. The predicted octanol–water partition coefficient (Wildman–Crippen LogP) is 2.14. The normalized spacial score (nSPS) is 28.8. The van der Waals surface area contributed by atoms with E-state index in [4.69, 9.17) is 4.74 Å². The molecule has 0 aromatic carbocycles. The minimum Gasteiger partial charge on any atom is -0.375 e. The molecule has 2 fully saturated rings. The van der Waals surface area contributed by atoms with Gasteiger partial charge in [0.15, 0.2) is 0 Å². The smallest absolute Gasteiger partial charge is 0.317 e. The van der Waals surface area contributed by atoms with Crippen LogP contribution in [-0.2, 0) is 4.74 Å². The van der Waals surface area contributed by atoms with E-state index in [9.17, 15) is 4.79 Å². The van der Waals surface area contributed by atoms with Crippen molar-refractivity contribution in [1.82, 2.24) is 10.2 Å². The van der Waals surface area contributed by atoms with Crippen molar-refractivity contribution in [1.29, 1.82) is 0 Å². The lowest BCUT2D eigenvalue weighted by Gasteiger charge is -2.37. The second-order valence-electron chi connectivity index (χ2n) is 5.80. The second-order valence-corrected chi connectivity index (χ2v) is 5.80. The Morgan fingerprint density at radius 1 is 1.29 bits per heavy atom. The zero-order valence-electron chi connectivity index (χ0n) is 11.0. The second kappa shape index (κ2) is 5.25. The molecule has 0 radical (unpaired) electrons. The summed E-state index contributed by atoms with van der Waals surface area (Å²) >= 11 is 0. The molecule has 0 bridgehead atoms. The van der Waals surface area contributed by atoms with Gasteiger partial charge in [-0.2, -0.15) is 0 Å². The van der Waals surface area contributed by atoms with Crippen LogP contribution in [0.5, 0.6) is 0 Å². The van der Waals surface area contributed by atoms with Crippen LogP contribution in [0.2, 0.25) is 0 Å². The molecule has 17 heavy (non-hydrogen) atoms. The van der Waals surface area contributed by atoms with E-state index in [1.165, 1.54) is 6.42 Å². The molecular weight excluding hydrogens is 216 g/mol. The lowest BCUT2D eigenvalue weighted by Crippen LogP contribution is -2.51. The number of carbonyl (C=O) groups excluding carboxylic acids is 1. The van der Waals surface area contributed by atoms with E-state index in [0.29, 0.717) is 0 Å². The molecule has 2 amide bonds. The Morgan fingerprint density at radius 2 is 2.00 bits per heavy atom. The molecule has 4 nitrogen and oxygen atoms in total. The first kappa shape index (κ1) is 12.7. The molecule has 2 rings (SSSR count). The van der Waals surface area contributed by atoms with Gasteiger partial charge in [0.2, 0.25) is 0 Å². The Labute approximate surface area is 104 Å². The molecule has 0 aromatic rings. The highest BCUT2D eigenvalue weighted by molar-refractivity contribution is 5.74. The summed E-state index contributed by atoms with van der Waals surface area (Å²) in [4.78, 5) is 14.0. The number of nitrogens with one attached hydrogen (secondary N) is 1. The van der Waals surface area contributed by atoms with Gasteiger partial charge in [0, 0.05) is 25.7 Å². The number of nitrogens with zero attached hydrogens (tertiary/aromatic N) is 1. The highest BCUT2D eigenvalue weighted by Crippen LogP contribution is 2.24. The SMILES string of the molecule is CC1(C)CC(NC(=O)N2CCCCC2)CCO1. The first-order valence-corrected chi connectivity index (χ1v) is 6.76. The molecule has 98 valence electrons. The van der Waals surface area contributed by atoms with Crippen molar-refractivity contribution < 1.29 is 9.53 Å². The number of urea groups is 1. The number of amides is 2. The maximum atomic E-state index is 12.1. The first-order chi connectivity index (χ1) is 8.07. The first-order valence-electron chi connectivity index (χ1n) is 6.76. The van der Waals surface area contributed by atoms with E-state index < -0.39 is 0 Å². The number of ether oxygens (including phenoxy) is 1. The average molecular weight is 240 g/mol. The van der Waals surface area contributed by atoms with E-state index in [1.807, 2.05) is 4.90 Å². The number of piperidine rings is 1. The minimum atomic E-state index is -0.0991. The van der Waals surface area contributed by atoms with Crippen LogP contribution < -0.4 is 5.32 Å². The predicted molar refractivity (Wildman–Crippen MR) is 67.0 cm³/mol. The highest BCUT2D eigenvalue weighted by Gasteiger charge is 2.30. The quantitative estimate of drug-likeness (QED) is 0.763. The maximum Gasteiger partial charge on any atom is 0.317 e. The summed E-state index contributed by atoms with van der Waals surface area (Å²) in [5.41, 5.74) is -0.0991. The van der Waals surface area contributed by atoms with E-state index >= 15 is 0 Å². The topological polar surface area (TPSA) is 41.6 Å². The Balaban J connectivity index is 1.81. The average Bonchev–Trinajstić information content (AvgIpc) is 2.29. The summed E-state index contributed by atoms with van der Waals surface area (Å²) in [5, 5.41) is 3.15. The fraction of sp³-hybridized carbons (Fsp3) is 0.923. The molecule has 1 unspecified atom stereocenters. The van der Waals surface area contributed by atoms with Crippen LogP contribution in [0.3, 0.4) is 0 Å². The number of rotatable bonds is 1. The van der Waals surface area contributed by atoms with Crippen LogP contribution in [0, 0.1) is 0 Å². The van der Waals surface area contributed by atoms with Gasteiger partial charge in [-0.3, -0.25) is 0 Å². The molecule has 2 aliphatic heterocycles. The van der Waals surface area contributed by atoms with Gasteiger partial charge in [-0.1, -0.05) is 0 Å². The monoisotopic (exact) mass is 240 g/mol. The van der Waals surface area contributed by atoms with Crippen LogP contribution in [-0.4, -0.2) is 42.3 Å². The Hall–Kier alpha value is -0.770. The van der Waals surface area contributed by atoms with Crippen molar-refractivity contribution in [2.75, 3.05) is 19.7 Å². The molecule has 1 N–H and O–H groups in total. The summed E-state index contributed by atoms with van der Waals surface area (Å²) in [6, 6.07) is 0.389. The van der Waals surface area contributed by atoms with Gasteiger partial charge < -0.3 is 15.0 Å². The summed E-state index contributed by atoms with van der Waals surface area (Å²) < 4.78 is 5.66. The van der Waals surface area contributed by atoms with E-state index in [0.717, 1.165) is 45.4 Å². The standard InChI is InChI=1S/C13H24N2O2/c1-13(2)10-11(6-9-17-13)14-12(16)15-7-4-3-5-8-15/h11H,3-10H2,1-2H3,(H,14,16). The van der Waals surface area contributed by atoms with Crippen LogP contribution in [0.4, 0.5) is 4.79 Å². The molecule has 2 heterocycles. The number of hydrogen-bond donors (Lipinski definition) is 1. The van der Waals surface area contributed by atoms with Crippen molar-refractivity contribution in [3.8, 4) is 0 Å². The van der Waals surface area contributed by atoms with Gasteiger partial charge in [-0.05, 0) is 46.0 Å². The summed E-state index contributed by atoms with van der Waals surface area (Å²) in [7, 11) is 0. The molecule has 0 aromatic heterocycles. The third-order valence-electron chi connectivity index (χ3n) is 3.67. The molecular formula is C13H24N2O2. The molecule has 2 aliphatic rings. The largest absolute Gasteiger partial charge is 0.375 e. The van der Waals surface area contributed by atoms with Gasteiger partial charge in [-0.15, -0.1) is 0 Å². The Morgan fingerprint density at radius 3 is 2.65 bits per heavy atom. The van der Waals surface area contributed by atoms with E-state index in [2.05, 4.69) is 19.2 Å². The van der Waals surface area contributed by atoms with E-state index in [-0.39, 0.29) is 17.7 Å². The molecule has 0 spiro atoms. The van der Waals surface area contributed by atoms with Crippen molar-refractivity contribution >= 4 is 6.03 Å². The molecule has 4 heteroatoms. The third kappa shape index (κ3) is 3.60. The minimum absolute atomic E-state index is 0.0991. The van der Waals surface area contributed by atoms with Crippen molar-refractivity contribution in [3.63, 3.8) is 0 Å². The fourth-order valence-corrected chi connectivity index (χ4v) is 2.72. The van der Waals surface area contributed by atoms with Gasteiger partial charge in [0.05, 0.1) is 5.60 Å². The van der Waals surface area contributed by atoms with Crippen molar-refractivity contribution in [2.24, 2.45) is 0 Å². The Kier molecular flexibility index (Phi) is 3.92. The zero-order valence-corrected chi connectivity index (χ0v) is 11.0. The van der Waals surface area contributed by atoms with Crippen molar-refractivity contribution in [3.05, 3.63) is 0 Å².